The number of benzene rings is 1. The lowest BCUT2D eigenvalue weighted by Gasteiger charge is -2.07. The van der Waals surface area contributed by atoms with Crippen molar-refractivity contribution in [2.75, 3.05) is 10.6 Å². The van der Waals surface area contributed by atoms with Crippen molar-refractivity contribution < 1.29 is 18.4 Å². The molecule has 1 aromatic heterocycles. The van der Waals surface area contributed by atoms with Gasteiger partial charge in [-0.15, -0.1) is 0 Å². The summed E-state index contributed by atoms with van der Waals surface area (Å²) in [6.45, 7) is 3.46. The first kappa shape index (κ1) is 17.0. The summed E-state index contributed by atoms with van der Waals surface area (Å²) in [6, 6.07) is 7.73. The summed E-state index contributed by atoms with van der Waals surface area (Å²) in [6.07, 6.45) is 4.07. The Bertz CT molecular complexity index is 841. The maximum atomic E-state index is 13.6. The molecular weight excluding hydrogens is 323 g/mol. The minimum absolute atomic E-state index is 0.0171. The van der Waals surface area contributed by atoms with Crippen molar-refractivity contribution in [1.82, 2.24) is 0 Å². The van der Waals surface area contributed by atoms with Gasteiger partial charge in [0.2, 0.25) is 11.8 Å². The van der Waals surface area contributed by atoms with Gasteiger partial charge >= 0.3 is 0 Å². The van der Waals surface area contributed by atoms with Crippen LogP contribution in [0.4, 0.5) is 15.8 Å². The first-order chi connectivity index (χ1) is 11.9. The highest BCUT2D eigenvalue weighted by molar-refractivity contribution is 6.02. The van der Waals surface area contributed by atoms with Crippen LogP contribution in [0.3, 0.4) is 0 Å². The molecule has 1 aromatic carbocycles. The molecule has 0 spiro atoms. The lowest BCUT2D eigenvalue weighted by atomic mass is 10.2. The molecule has 1 heterocycles. The third kappa shape index (κ3) is 4.35. The molecule has 3 rings (SSSR count). The Kier molecular flexibility index (Phi) is 4.70. The Balaban J connectivity index is 1.62. The third-order valence-electron chi connectivity index (χ3n) is 4.07. The molecule has 2 N–H and O–H groups in total. The Labute approximate surface area is 144 Å². The Hall–Kier alpha value is -2.89. The molecule has 0 saturated heterocycles. The maximum absolute atomic E-state index is 13.6. The number of rotatable bonds is 5. The van der Waals surface area contributed by atoms with Crippen molar-refractivity contribution in [1.29, 1.82) is 0 Å². The second kappa shape index (κ2) is 6.93. The van der Waals surface area contributed by atoms with Crippen LogP contribution in [0.5, 0.6) is 0 Å². The van der Waals surface area contributed by atoms with Crippen LogP contribution in [0.25, 0.3) is 6.08 Å². The van der Waals surface area contributed by atoms with E-state index in [-0.39, 0.29) is 17.5 Å². The number of carbonyl (C=O) groups is 2. The lowest BCUT2D eigenvalue weighted by Crippen LogP contribution is -2.10. The van der Waals surface area contributed by atoms with Gasteiger partial charge in [0.05, 0.1) is 5.69 Å². The molecule has 1 aliphatic carbocycles. The summed E-state index contributed by atoms with van der Waals surface area (Å²) in [7, 11) is 0. The molecule has 5 nitrogen and oxygen atoms in total. The predicted octanol–water partition coefficient (Wildman–Crippen LogP) is 4.15. The minimum atomic E-state index is -0.568. The number of hydrogen-bond acceptors (Lipinski definition) is 3. The van der Waals surface area contributed by atoms with E-state index >= 15 is 0 Å². The first-order valence-corrected chi connectivity index (χ1v) is 8.08. The van der Waals surface area contributed by atoms with Crippen molar-refractivity contribution in [2.45, 2.75) is 26.2 Å². The van der Waals surface area contributed by atoms with Crippen LogP contribution >= 0.6 is 0 Å². The minimum Gasteiger partial charge on any atom is -0.461 e. The summed E-state index contributed by atoms with van der Waals surface area (Å²) < 4.78 is 19.3. The van der Waals surface area contributed by atoms with E-state index in [0.717, 1.165) is 12.2 Å². The Morgan fingerprint density at radius 1 is 1.24 bits per heavy atom. The number of amides is 2. The van der Waals surface area contributed by atoms with Gasteiger partial charge in [-0.3, -0.25) is 9.59 Å². The van der Waals surface area contributed by atoms with Crippen LogP contribution in [0.2, 0.25) is 0 Å². The van der Waals surface area contributed by atoms with E-state index in [0.29, 0.717) is 23.3 Å². The second-order valence-corrected chi connectivity index (χ2v) is 6.26. The van der Waals surface area contributed by atoms with Crippen LogP contribution in [-0.2, 0) is 9.59 Å². The van der Waals surface area contributed by atoms with E-state index in [1.807, 2.05) is 12.1 Å². The van der Waals surface area contributed by atoms with E-state index in [1.165, 1.54) is 31.2 Å². The molecule has 2 atom stereocenters. The number of nitrogens with one attached hydrogen (secondary N) is 2. The number of halogens is 1. The third-order valence-corrected chi connectivity index (χ3v) is 4.07. The topological polar surface area (TPSA) is 71.3 Å². The molecule has 0 radical (unpaired) electrons. The number of furan rings is 1. The Morgan fingerprint density at radius 3 is 2.68 bits per heavy atom. The van der Waals surface area contributed by atoms with E-state index in [2.05, 4.69) is 17.6 Å². The largest absolute Gasteiger partial charge is 0.461 e. The quantitative estimate of drug-likeness (QED) is 0.802. The van der Waals surface area contributed by atoms with Gasteiger partial charge in [0.1, 0.15) is 17.3 Å². The molecule has 130 valence electrons. The van der Waals surface area contributed by atoms with Crippen molar-refractivity contribution in [3.8, 4) is 0 Å². The summed E-state index contributed by atoms with van der Waals surface area (Å²) >= 11 is 0. The smallest absolute Gasteiger partial charge is 0.248 e. The SMILES string of the molecule is CC(=O)Nc1cc(NC(=O)/C=C/c2ccc(C3CC3C)o2)ccc1F. The lowest BCUT2D eigenvalue weighted by molar-refractivity contribution is -0.114. The fraction of sp³-hybridized carbons (Fsp3) is 0.263. The van der Waals surface area contributed by atoms with Crippen molar-refractivity contribution in [2.24, 2.45) is 5.92 Å². The van der Waals surface area contributed by atoms with Crippen molar-refractivity contribution in [3.05, 3.63) is 53.7 Å². The average molecular weight is 342 g/mol. The molecule has 1 aliphatic rings. The van der Waals surface area contributed by atoms with Gasteiger partial charge in [-0.05, 0) is 48.7 Å². The van der Waals surface area contributed by atoms with Gasteiger partial charge in [-0.1, -0.05) is 6.92 Å². The fourth-order valence-corrected chi connectivity index (χ4v) is 2.61. The van der Waals surface area contributed by atoms with Gasteiger partial charge in [0.15, 0.2) is 0 Å². The molecule has 0 bridgehead atoms. The van der Waals surface area contributed by atoms with Gasteiger partial charge in [-0.2, -0.15) is 0 Å². The van der Waals surface area contributed by atoms with Crippen LogP contribution in [0, 0.1) is 11.7 Å². The zero-order valence-electron chi connectivity index (χ0n) is 14.0. The molecule has 2 amide bonds. The number of carbonyl (C=O) groups excluding carboxylic acids is 2. The number of hydrogen-bond donors (Lipinski definition) is 2. The van der Waals surface area contributed by atoms with Crippen LogP contribution in [-0.4, -0.2) is 11.8 Å². The van der Waals surface area contributed by atoms with E-state index < -0.39 is 5.82 Å². The summed E-state index contributed by atoms with van der Waals surface area (Å²) in [5, 5.41) is 4.99. The number of anilines is 2. The highest BCUT2D eigenvalue weighted by Gasteiger charge is 2.36. The second-order valence-electron chi connectivity index (χ2n) is 6.26. The fourth-order valence-electron chi connectivity index (χ4n) is 2.61. The molecule has 1 saturated carbocycles. The van der Waals surface area contributed by atoms with Crippen LogP contribution in [0.1, 0.15) is 37.7 Å². The predicted molar refractivity (Wildman–Crippen MR) is 93.6 cm³/mol. The first-order valence-electron chi connectivity index (χ1n) is 8.08. The van der Waals surface area contributed by atoms with Gasteiger partial charge in [-0.25, -0.2) is 4.39 Å². The molecule has 1 fully saturated rings. The monoisotopic (exact) mass is 342 g/mol. The van der Waals surface area contributed by atoms with Gasteiger partial charge in [0.25, 0.3) is 0 Å². The maximum Gasteiger partial charge on any atom is 0.248 e. The molecule has 25 heavy (non-hydrogen) atoms. The molecule has 2 aromatic rings. The molecular formula is C19H19FN2O3. The van der Waals surface area contributed by atoms with Gasteiger partial charge < -0.3 is 15.1 Å². The molecule has 6 heteroatoms. The zero-order valence-corrected chi connectivity index (χ0v) is 14.0. The van der Waals surface area contributed by atoms with E-state index in [1.54, 1.807) is 6.08 Å². The Morgan fingerprint density at radius 2 is 2.00 bits per heavy atom. The highest BCUT2D eigenvalue weighted by Crippen LogP contribution is 2.47. The summed E-state index contributed by atoms with van der Waals surface area (Å²) in [5.74, 6) is 1.37. The van der Waals surface area contributed by atoms with Gasteiger partial charge in [0, 0.05) is 24.6 Å². The van der Waals surface area contributed by atoms with E-state index in [4.69, 9.17) is 4.42 Å². The molecule has 2 unspecified atom stereocenters. The van der Waals surface area contributed by atoms with Crippen molar-refractivity contribution >= 4 is 29.3 Å². The van der Waals surface area contributed by atoms with E-state index in [9.17, 15) is 14.0 Å². The van der Waals surface area contributed by atoms with Crippen LogP contribution in [0.15, 0.2) is 40.8 Å². The summed E-state index contributed by atoms with van der Waals surface area (Å²) in [4.78, 5) is 23.0. The van der Waals surface area contributed by atoms with Crippen molar-refractivity contribution in [3.63, 3.8) is 0 Å². The summed E-state index contributed by atoms with van der Waals surface area (Å²) in [5.41, 5.74) is 0.398. The normalized spacial score (nSPS) is 19.0. The standard InChI is InChI=1S/C19H19FN2O3/c1-11-9-15(11)18-7-4-14(25-18)5-8-19(24)22-13-3-6-16(20)17(10-13)21-12(2)23/h3-8,10-11,15H,9H2,1-2H3,(H,21,23)(H,22,24)/b8-5+. The zero-order chi connectivity index (χ0) is 18.0. The molecule has 0 aliphatic heterocycles. The highest BCUT2D eigenvalue weighted by atomic mass is 19.1. The average Bonchev–Trinajstić information content (AvgIpc) is 3.09. The van der Waals surface area contributed by atoms with Crippen LogP contribution < -0.4 is 10.6 Å².